The number of aryl methyl sites for hydroxylation is 1. The first-order chi connectivity index (χ1) is 18.7. The number of methoxy groups -OCH3 is 1. The highest BCUT2D eigenvalue weighted by molar-refractivity contribution is 7.21. The number of amides is 2. The van der Waals surface area contributed by atoms with Crippen molar-refractivity contribution in [2.75, 3.05) is 12.4 Å². The minimum absolute atomic E-state index is 0.0140. The van der Waals surface area contributed by atoms with E-state index in [0.717, 1.165) is 16.2 Å². The molecule has 4 heterocycles. The number of rotatable bonds is 9. The molecular formula is C27H21F2N3O5S2. The molecule has 0 aliphatic rings. The number of benzene rings is 1. The molecule has 0 aliphatic heterocycles. The van der Waals surface area contributed by atoms with Crippen LogP contribution in [0.1, 0.15) is 43.0 Å². The number of carbonyl (C=O) groups excluding carboxylic acids is 2. The molecule has 1 aromatic carbocycles. The minimum Gasteiger partial charge on any atom is -0.497 e. The number of furan rings is 1. The SMILES string of the molecule is COc1cccc(OCc2ccc(C(=O)Nc3c(C(N)=O)sc4nc(C(F)F)cc(-c5ccc(C)s5)c34)o2)c1. The number of thiophene rings is 2. The summed E-state index contributed by atoms with van der Waals surface area (Å²) in [6, 6.07) is 15.0. The summed E-state index contributed by atoms with van der Waals surface area (Å²) in [7, 11) is 1.55. The normalized spacial score (nSPS) is 11.2. The van der Waals surface area contributed by atoms with E-state index >= 15 is 0 Å². The van der Waals surface area contributed by atoms with Crippen LogP contribution < -0.4 is 20.5 Å². The van der Waals surface area contributed by atoms with Gasteiger partial charge in [0.2, 0.25) is 0 Å². The number of ether oxygens (including phenoxy) is 2. The minimum atomic E-state index is -2.83. The van der Waals surface area contributed by atoms with Crippen LogP contribution in [0.2, 0.25) is 0 Å². The van der Waals surface area contributed by atoms with Crippen LogP contribution >= 0.6 is 22.7 Å². The molecule has 0 saturated heterocycles. The van der Waals surface area contributed by atoms with Crippen molar-refractivity contribution in [3.63, 3.8) is 0 Å². The predicted octanol–water partition coefficient (Wildman–Crippen LogP) is 6.80. The molecule has 3 N–H and O–H groups in total. The lowest BCUT2D eigenvalue weighted by molar-refractivity contribution is 0.0992. The van der Waals surface area contributed by atoms with E-state index in [1.165, 1.54) is 23.5 Å². The Morgan fingerprint density at radius 2 is 1.90 bits per heavy atom. The van der Waals surface area contributed by atoms with Crippen molar-refractivity contribution < 1.29 is 32.3 Å². The summed E-state index contributed by atoms with van der Waals surface area (Å²) in [5, 5.41) is 3.04. The maximum Gasteiger partial charge on any atom is 0.291 e. The lowest BCUT2D eigenvalue weighted by Crippen LogP contribution is -2.16. The van der Waals surface area contributed by atoms with Gasteiger partial charge < -0.3 is 24.9 Å². The number of hydrogen-bond donors (Lipinski definition) is 2. The smallest absolute Gasteiger partial charge is 0.291 e. The Morgan fingerprint density at radius 3 is 2.59 bits per heavy atom. The van der Waals surface area contributed by atoms with E-state index in [-0.39, 0.29) is 27.8 Å². The van der Waals surface area contributed by atoms with Crippen molar-refractivity contribution in [2.24, 2.45) is 5.73 Å². The van der Waals surface area contributed by atoms with Crippen LogP contribution in [0, 0.1) is 6.92 Å². The lowest BCUT2D eigenvalue weighted by Gasteiger charge is -2.09. The molecule has 0 bridgehead atoms. The number of primary amides is 1. The summed E-state index contributed by atoms with van der Waals surface area (Å²) >= 11 is 2.23. The van der Waals surface area contributed by atoms with E-state index in [9.17, 15) is 18.4 Å². The summed E-state index contributed by atoms with van der Waals surface area (Å²) in [5.41, 5.74) is 5.67. The molecule has 2 amide bonds. The second-order valence-corrected chi connectivity index (χ2v) is 10.6. The second-order valence-electron chi connectivity index (χ2n) is 8.34. The number of carbonyl (C=O) groups is 2. The molecule has 0 saturated carbocycles. The Bertz CT molecular complexity index is 1690. The predicted molar refractivity (Wildman–Crippen MR) is 145 cm³/mol. The fourth-order valence-electron chi connectivity index (χ4n) is 3.89. The fraction of sp³-hybridized carbons (Fsp3) is 0.148. The Balaban J connectivity index is 1.47. The first-order valence-corrected chi connectivity index (χ1v) is 13.2. The molecule has 8 nitrogen and oxygen atoms in total. The molecule has 5 rings (SSSR count). The third-order valence-corrected chi connectivity index (χ3v) is 7.81. The second kappa shape index (κ2) is 10.8. The van der Waals surface area contributed by atoms with Gasteiger partial charge in [0.05, 0.1) is 12.8 Å². The van der Waals surface area contributed by atoms with Crippen LogP contribution in [-0.4, -0.2) is 23.9 Å². The number of nitrogens with two attached hydrogens (primary N) is 1. The van der Waals surface area contributed by atoms with Gasteiger partial charge in [-0.1, -0.05) is 6.07 Å². The van der Waals surface area contributed by atoms with Gasteiger partial charge in [-0.3, -0.25) is 9.59 Å². The van der Waals surface area contributed by atoms with E-state index in [4.69, 9.17) is 19.6 Å². The average Bonchev–Trinajstić information content (AvgIpc) is 3.66. The van der Waals surface area contributed by atoms with Crippen molar-refractivity contribution in [3.8, 4) is 21.9 Å². The molecule has 0 fully saturated rings. The highest BCUT2D eigenvalue weighted by Gasteiger charge is 2.26. The summed E-state index contributed by atoms with van der Waals surface area (Å²) in [4.78, 5) is 31.3. The van der Waals surface area contributed by atoms with Crippen LogP contribution in [0.15, 0.2) is 59.0 Å². The molecule has 200 valence electrons. The largest absolute Gasteiger partial charge is 0.497 e. The van der Waals surface area contributed by atoms with E-state index < -0.39 is 23.9 Å². The van der Waals surface area contributed by atoms with Gasteiger partial charge >= 0.3 is 0 Å². The lowest BCUT2D eigenvalue weighted by atomic mass is 10.1. The van der Waals surface area contributed by atoms with Crippen molar-refractivity contribution in [1.29, 1.82) is 0 Å². The average molecular weight is 570 g/mol. The number of anilines is 1. The molecule has 0 spiro atoms. The Kier molecular flexibility index (Phi) is 7.31. The summed E-state index contributed by atoms with van der Waals surface area (Å²) in [6.45, 7) is 1.94. The molecule has 0 aliphatic carbocycles. The molecule has 4 aromatic heterocycles. The highest BCUT2D eigenvalue weighted by atomic mass is 32.1. The maximum absolute atomic E-state index is 13.7. The van der Waals surface area contributed by atoms with Gasteiger partial charge in [-0.25, -0.2) is 13.8 Å². The standard InChI is InChI=1S/C27H21F2N3O5S2/c1-13-6-9-20(38-13)17-11-18(24(28)29)31-27-21(17)22(23(39-27)25(30)33)32-26(34)19-8-7-16(37-19)12-36-15-5-3-4-14(10-15)35-2/h3-11,24H,12H2,1-2H3,(H2,30,33)(H,32,34). The van der Waals surface area contributed by atoms with Gasteiger partial charge in [-0.15, -0.1) is 22.7 Å². The molecular weight excluding hydrogens is 548 g/mol. The van der Waals surface area contributed by atoms with Gasteiger partial charge in [0.25, 0.3) is 18.2 Å². The van der Waals surface area contributed by atoms with Crippen LogP contribution in [-0.2, 0) is 6.61 Å². The summed E-state index contributed by atoms with van der Waals surface area (Å²) in [6.07, 6.45) is -2.83. The number of hydrogen-bond acceptors (Lipinski definition) is 8. The molecule has 39 heavy (non-hydrogen) atoms. The number of nitrogens with zero attached hydrogens (tertiary/aromatic N) is 1. The number of pyridine rings is 1. The monoisotopic (exact) mass is 569 g/mol. The topological polar surface area (TPSA) is 117 Å². The third kappa shape index (κ3) is 5.47. The molecule has 0 unspecified atom stereocenters. The number of halogens is 2. The van der Waals surface area contributed by atoms with E-state index in [1.807, 2.05) is 13.0 Å². The van der Waals surface area contributed by atoms with Crippen LogP contribution in [0.5, 0.6) is 11.5 Å². The van der Waals surface area contributed by atoms with E-state index in [2.05, 4.69) is 10.3 Å². The van der Waals surface area contributed by atoms with Crippen LogP contribution in [0.3, 0.4) is 0 Å². The number of nitrogens with one attached hydrogen (secondary N) is 1. The highest BCUT2D eigenvalue weighted by Crippen LogP contribution is 2.44. The number of aromatic nitrogens is 1. The first kappa shape index (κ1) is 26.3. The zero-order chi connectivity index (χ0) is 27.7. The van der Waals surface area contributed by atoms with Crippen LogP contribution in [0.4, 0.5) is 14.5 Å². The third-order valence-electron chi connectivity index (χ3n) is 5.68. The molecule has 12 heteroatoms. The summed E-state index contributed by atoms with van der Waals surface area (Å²) < 4.78 is 43.9. The van der Waals surface area contributed by atoms with E-state index in [0.29, 0.717) is 33.1 Å². The first-order valence-electron chi connectivity index (χ1n) is 11.5. The van der Waals surface area contributed by atoms with Crippen molar-refractivity contribution in [3.05, 3.63) is 81.6 Å². The number of alkyl halides is 2. The Hall–Kier alpha value is -4.29. The fourth-order valence-corrected chi connectivity index (χ4v) is 5.80. The van der Waals surface area contributed by atoms with Gasteiger partial charge in [-0.05, 0) is 49.4 Å². The quantitative estimate of drug-likeness (QED) is 0.202. The van der Waals surface area contributed by atoms with Crippen molar-refractivity contribution in [2.45, 2.75) is 20.0 Å². The Morgan fingerprint density at radius 1 is 1.10 bits per heavy atom. The molecule has 0 radical (unpaired) electrons. The molecule has 5 aromatic rings. The van der Waals surface area contributed by atoms with Gasteiger partial charge in [0.1, 0.15) is 39.3 Å². The zero-order valence-electron chi connectivity index (χ0n) is 20.6. The van der Waals surface area contributed by atoms with Gasteiger partial charge in [-0.2, -0.15) is 0 Å². The van der Waals surface area contributed by atoms with Gasteiger partial charge in [0.15, 0.2) is 5.76 Å². The van der Waals surface area contributed by atoms with Gasteiger partial charge in [0, 0.05) is 26.8 Å². The van der Waals surface area contributed by atoms with Crippen molar-refractivity contribution >= 4 is 50.4 Å². The zero-order valence-corrected chi connectivity index (χ0v) is 22.3. The maximum atomic E-state index is 13.7. The van der Waals surface area contributed by atoms with Crippen LogP contribution in [0.25, 0.3) is 20.7 Å². The van der Waals surface area contributed by atoms with Crippen molar-refractivity contribution in [1.82, 2.24) is 4.98 Å². The number of fused-ring (bicyclic) bond motifs is 1. The van der Waals surface area contributed by atoms with E-state index in [1.54, 1.807) is 43.5 Å². The Labute approximate surface area is 229 Å². The molecule has 0 atom stereocenters. The summed E-state index contributed by atoms with van der Waals surface area (Å²) in [5.74, 6) is 0.0427.